The van der Waals surface area contributed by atoms with E-state index in [1.54, 1.807) is 0 Å². The molecule has 0 aromatic carbocycles. The number of piperidine rings is 2. The Morgan fingerprint density at radius 2 is 1.76 bits per heavy atom. The fourth-order valence-electron chi connectivity index (χ4n) is 4.29. The Hall–Kier alpha value is -1.89. The molecule has 3 amide bonds. The molecule has 160 valence electrons. The molecule has 29 heavy (non-hydrogen) atoms. The Balaban J connectivity index is 1.64. The van der Waals surface area contributed by atoms with Crippen molar-refractivity contribution >= 4 is 29.1 Å². The molecule has 2 saturated heterocycles. The first kappa shape index (κ1) is 21.8. The molecule has 2 fully saturated rings. The standard InChI is InChI=1S/C22H33N3O3S/c1-16(2)15-19(26)23-20(22(28)24-10-4-3-5-11-24)17-8-12-25(13-9-17)21(27)18-7-6-14-29-18/h6-7,14,16-17,20H,3-5,8-13,15H2,1-2H3,(H,23,26). The van der Waals surface area contributed by atoms with Crippen molar-refractivity contribution in [1.82, 2.24) is 15.1 Å². The minimum absolute atomic E-state index is 0.0487. The second kappa shape index (κ2) is 10.2. The van der Waals surface area contributed by atoms with E-state index in [1.807, 2.05) is 41.2 Å². The maximum atomic E-state index is 13.3. The quantitative estimate of drug-likeness (QED) is 0.770. The highest BCUT2D eigenvalue weighted by Gasteiger charge is 2.36. The van der Waals surface area contributed by atoms with Crippen molar-refractivity contribution in [2.75, 3.05) is 26.2 Å². The molecule has 6 nitrogen and oxygen atoms in total. The zero-order valence-electron chi connectivity index (χ0n) is 17.6. The Bertz CT molecular complexity index is 690. The maximum absolute atomic E-state index is 13.3. The van der Waals surface area contributed by atoms with Crippen LogP contribution in [-0.4, -0.2) is 59.7 Å². The van der Waals surface area contributed by atoms with Gasteiger partial charge in [-0.15, -0.1) is 11.3 Å². The molecule has 1 unspecified atom stereocenters. The lowest BCUT2D eigenvalue weighted by molar-refractivity contribution is -0.139. The van der Waals surface area contributed by atoms with Crippen LogP contribution < -0.4 is 5.32 Å². The van der Waals surface area contributed by atoms with Gasteiger partial charge in [-0.05, 0) is 55.4 Å². The van der Waals surface area contributed by atoms with Gasteiger partial charge in [0.25, 0.3) is 5.91 Å². The zero-order chi connectivity index (χ0) is 20.8. The first-order valence-electron chi connectivity index (χ1n) is 10.9. The summed E-state index contributed by atoms with van der Waals surface area (Å²) >= 11 is 1.46. The number of carbonyl (C=O) groups is 3. The largest absolute Gasteiger partial charge is 0.344 e. The van der Waals surface area contributed by atoms with Gasteiger partial charge < -0.3 is 15.1 Å². The zero-order valence-corrected chi connectivity index (χ0v) is 18.4. The van der Waals surface area contributed by atoms with Crippen LogP contribution in [0, 0.1) is 11.8 Å². The molecule has 1 aromatic rings. The molecule has 2 aliphatic rings. The molecular weight excluding hydrogens is 386 g/mol. The van der Waals surface area contributed by atoms with Crippen molar-refractivity contribution < 1.29 is 14.4 Å². The van der Waals surface area contributed by atoms with Crippen LogP contribution in [0.5, 0.6) is 0 Å². The third-order valence-electron chi connectivity index (χ3n) is 5.87. The maximum Gasteiger partial charge on any atom is 0.263 e. The summed E-state index contributed by atoms with van der Waals surface area (Å²) < 4.78 is 0. The monoisotopic (exact) mass is 419 g/mol. The van der Waals surface area contributed by atoms with Gasteiger partial charge in [-0.25, -0.2) is 0 Å². The highest BCUT2D eigenvalue weighted by molar-refractivity contribution is 7.12. The predicted molar refractivity (Wildman–Crippen MR) is 115 cm³/mol. The van der Waals surface area contributed by atoms with E-state index >= 15 is 0 Å². The number of amides is 3. The summed E-state index contributed by atoms with van der Waals surface area (Å²) in [6, 6.07) is 3.27. The minimum Gasteiger partial charge on any atom is -0.344 e. The molecule has 2 aliphatic heterocycles. The second-order valence-electron chi connectivity index (χ2n) is 8.64. The number of nitrogens with one attached hydrogen (secondary N) is 1. The topological polar surface area (TPSA) is 69.7 Å². The Kier molecular flexibility index (Phi) is 7.70. The second-order valence-corrected chi connectivity index (χ2v) is 9.58. The van der Waals surface area contributed by atoms with E-state index in [9.17, 15) is 14.4 Å². The van der Waals surface area contributed by atoms with Gasteiger partial charge in [-0.3, -0.25) is 14.4 Å². The van der Waals surface area contributed by atoms with Crippen molar-refractivity contribution in [1.29, 1.82) is 0 Å². The Labute approximate surface area is 177 Å². The van der Waals surface area contributed by atoms with Gasteiger partial charge in [0, 0.05) is 32.6 Å². The van der Waals surface area contributed by atoms with Gasteiger partial charge in [0.05, 0.1) is 4.88 Å². The summed E-state index contributed by atoms with van der Waals surface area (Å²) in [4.78, 5) is 42.9. The molecule has 3 heterocycles. The van der Waals surface area contributed by atoms with Gasteiger partial charge >= 0.3 is 0 Å². The minimum atomic E-state index is -0.474. The predicted octanol–water partition coefficient (Wildman–Crippen LogP) is 3.14. The fourth-order valence-corrected chi connectivity index (χ4v) is 4.98. The van der Waals surface area contributed by atoms with Crippen LogP contribution in [0.1, 0.15) is 62.0 Å². The van der Waals surface area contributed by atoms with Gasteiger partial charge in [0.1, 0.15) is 6.04 Å². The van der Waals surface area contributed by atoms with Crippen LogP contribution >= 0.6 is 11.3 Å². The highest BCUT2D eigenvalue weighted by atomic mass is 32.1. The number of hydrogen-bond acceptors (Lipinski definition) is 4. The van der Waals surface area contributed by atoms with Crippen LogP contribution in [0.15, 0.2) is 17.5 Å². The summed E-state index contributed by atoms with van der Waals surface area (Å²) in [7, 11) is 0. The van der Waals surface area contributed by atoms with E-state index in [1.165, 1.54) is 11.3 Å². The van der Waals surface area contributed by atoms with Crippen molar-refractivity contribution in [3.05, 3.63) is 22.4 Å². The van der Waals surface area contributed by atoms with Crippen LogP contribution in [-0.2, 0) is 9.59 Å². The van der Waals surface area contributed by atoms with E-state index in [-0.39, 0.29) is 29.6 Å². The third kappa shape index (κ3) is 5.81. The molecule has 0 spiro atoms. The number of thiophene rings is 1. The fraction of sp³-hybridized carbons (Fsp3) is 0.682. The van der Waals surface area contributed by atoms with Crippen LogP contribution in [0.25, 0.3) is 0 Å². The summed E-state index contributed by atoms with van der Waals surface area (Å²) in [5.74, 6) is 0.414. The van der Waals surface area contributed by atoms with Crippen molar-refractivity contribution in [2.45, 2.75) is 58.4 Å². The van der Waals surface area contributed by atoms with Crippen molar-refractivity contribution in [2.24, 2.45) is 11.8 Å². The number of nitrogens with zero attached hydrogens (tertiary/aromatic N) is 2. The average molecular weight is 420 g/mol. The van der Waals surface area contributed by atoms with E-state index in [0.717, 1.165) is 50.1 Å². The SMILES string of the molecule is CC(C)CC(=O)NC(C(=O)N1CCCCC1)C1CCN(C(=O)c2cccs2)CC1. The van der Waals surface area contributed by atoms with Gasteiger partial charge in [0.15, 0.2) is 0 Å². The first-order valence-corrected chi connectivity index (χ1v) is 11.7. The summed E-state index contributed by atoms with van der Waals surface area (Å²) in [5.41, 5.74) is 0. The highest BCUT2D eigenvalue weighted by Crippen LogP contribution is 2.25. The molecule has 0 saturated carbocycles. The van der Waals surface area contributed by atoms with Crippen molar-refractivity contribution in [3.8, 4) is 0 Å². The lowest BCUT2D eigenvalue weighted by atomic mass is 9.87. The number of likely N-dealkylation sites (tertiary alicyclic amines) is 2. The van der Waals surface area contributed by atoms with Gasteiger partial charge in [-0.1, -0.05) is 19.9 Å². The molecular formula is C22H33N3O3S. The van der Waals surface area contributed by atoms with E-state index in [4.69, 9.17) is 0 Å². The molecule has 0 aliphatic carbocycles. The number of hydrogen-bond donors (Lipinski definition) is 1. The van der Waals surface area contributed by atoms with Gasteiger partial charge in [0.2, 0.25) is 11.8 Å². The molecule has 3 rings (SSSR count). The molecule has 0 radical (unpaired) electrons. The van der Waals surface area contributed by atoms with Gasteiger partial charge in [-0.2, -0.15) is 0 Å². The van der Waals surface area contributed by atoms with Crippen LogP contribution in [0.2, 0.25) is 0 Å². The molecule has 1 atom stereocenters. The van der Waals surface area contributed by atoms with E-state index in [0.29, 0.717) is 19.5 Å². The van der Waals surface area contributed by atoms with E-state index in [2.05, 4.69) is 5.32 Å². The molecule has 7 heteroatoms. The Morgan fingerprint density at radius 1 is 1.07 bits per heavy atom. The Morgan fingerprint density at radius 3 is 2.34 bits per heavy atom. The normalized spacial score (nSPS) is 19.3. The lowest BCUT2D eigenvalue weighted by Gasteiger charge is -2.38. The summed E-state index contributed by atoms with van der Waals surface area (Å²) in [6.45, 7) is 6.85. The number of rotatable bonds is 6. The van der Waals surface area contributed by atoms with E-state index < -0.39 is 6.04 Å². The molecule has 0 bridgehead atoms. The summed E-state index contributed by atoms with van der Waals surface area (Å²) in [5, 5.41) is 4.97. The molecule has 1 aromatic heterocycles. The van der Waals surface area contributed by atoms with Crippen LogP contribution in [0.3, 0.4) is 0 Å². The number of carbonyl (C=O) groups excluding carboxylic acids is 3. The third-order valence-corrected chi connectivity index (χ3v) is 6.73. The summed E-state index contributed by atoms with van der Waals surface area (Å²) in [6.07, 6.45) is 5.14. The molecule has 1 N–H and O–H groups in total. The lowest BCUT2D eigenvalue weighted by Crippen LogP contribution is -2.55. The van der Waals surface area contributed by atoms with Crippen LogP contribution in [0.4, 0.5) is 0 Å². The first-order chi connectivity index (χ1) is 14.0. The van der Waals surface area contributed by atoms with Crippen molar-refractivity contribution in [3.63, 3.8) is 0 Å². The average Bonchev–Trinajstić information content (AvgIpc) is 3.26. The smallest absolute Gasteiger partial charge is 0.263 e.